The van der Waals surface area contributed by atoms with Gasteiger partial charge in [0.05, 0.1) is 24.9 Å². The van der Waals surface area contributed by atoms with Gasteiger partial charge >= 0.3 is 0 Å². The zero-order valence-corrected chi connectivity index (χ0v) is 18.3. The monoisotopic (exact) mass is 442 g/mol. The van der Waals surface area contributed by atoms with Crippen LogP contribution in [0, 0.1) is 11.7 Å². The summed E-state index contributed by atoms with van der Waals surface area (Å²) < 4.78 is 18.9. The molecule has 2 heterocycles. The number of morpholine rings is 1. The number of hydrogen-bond acceptors (Lipinski definition) is 5. The van der Waals surface area contributed by atoms with Crippen LogP contribution in [0.3, 0.4) is 0 Å². The van der Waals surface area contributed by atoms with Gasteiger partial charge in [-0.1, -0.05) is 31.4 Å². The molecule has 32 heavy (non-hydrogen) atoms. The van der Waals surface area contributed by atoms with Crippen molar-refractivity contribution >= 4 is 11.9 Å². The Hall–Kier alpha value is -2.74. The lowest BCUT2D eigenvalue weighted by atomic mass is 9.86. The molecule has 1 amide bonds. The minimum atomic E-state index is -0.390. The van der Waals surface area contributed by atoms with E-state index >= 15 is 0 Å². The first-order chi connectivity index (χ1) is 15.6. The number of amides is 1. The number of aromatic amines is 1. The molecule has 1 aromatic carbocycles. The molecule has 7 nitrogen and oxygen atoms in total. The van der Waals surface area contributed by atoms with E-state index in [1.54, 1.807) is 12.1 Å². The molecule has 2 aromatic rings. The summed E-state index contributed by atoms with van der Waals surface area (Å²) in [6.07, 6.45) is 6.64. The van der Waals surface area contributed by atoms with Gasteiger partial charge in [0, 0.05) is 32.0 Å². The van der Waals surface area contributed by atoms with Gasteiger partial charge in [0.1, 0.15) is 5.82 Å². The van der Waals surface area contributed by atoms with Gasteiger partial charge in [-0.2, -0.15) is 0 Å². The highest BCUT2D eigenvalue weighted by Gasteiger charge is 2.22. The van der Waals surface area contributed by atoms with Gasteiger partial charge in [0.15, 0.2) is 0 Å². The van der Waals surface area contributed by atoms with Crippen molar-refractivity contribution in [2.45, 2.75) is 51.0 Å². The third-order valence-electron chi connectivity index (χ3n) is 6.31. The number of nitrogens with zero attached hydrogens (tertiary/aromatic N) is 2. The van der Waals surface area contributed by atoms with Crippen molar-refractivity contribution in [1.29, 1.82) is 0 Å². The third kappa shape index (κ3) is 6.16. The van der Waals surface area contributed by atoms with Crippen LogP contribution in [0.25, 0.3) is 0 Å². The summed E-state index contributed by atoms with van der Waals surface area (Å²) in [6, 6.07) is 7.21. The van der Waals surface area contributed by atoms with Crippen LogP contribution in [0.1, 0.15) is 55.8 Å². The molecule has 1 aliphatic carbocycles. The van der Waals surface area contributed by atoms with E-state index in [1.807, 2.05) is 4.90 Å². The van der Waals surface area contributed by atoms with E-state index < -0.39 is 6.04 Å². The van der Waals surface area contributed by atoms with Gasteiger partial charge in [0.2, 0.25) is 11.9 Å². The molecule has 0 radical (unpaired) electrons. The second kappa shape index (κ2) is 10.7. The maximum Gasteiger partial charge on any atom is 0.252 e. The number of nitrogens with one attached hydrogen (secondary N) is 2. The van der Waals surface area contributed by atoms with E-state index in [2.05, 4.69) is 15.3 Å². The Morgan fingerprint density at radius 2 is 1.91 bits per heavy atom. The Morgan fingerprint density at radius 1 is 1.19 bits per heavy atom. The molecule has 0 bridgehead atoms. The van der Waals surface area contributed by atoms with Gasteiger partial charge < -0.3 is 15.0 Å². The predicted octanol–water partition coefficient (Wildman–Crippen LogP) is 3.12. The zero-order valence-electron chi connectivity index (χ0n) is 18.3. The van der Waals surface area contributed by atoms with Crippen molar-refractivity contribution < 1.29 is 13.9 Å². The second-order valence-corrected chi connectivity index (χ2v) is 8.74. The van der Waals surface area contributed by atoms with Crippen LogP contribution in [-0.4, -0.2) is 42.2 Å². The molecule has 2 aliphatic rings. The fourth-order valence-corrected chi connectivity index (χ4v) is 4.59. The molecule has 1 aliphatic heterocycles. The summed E-state index contributed by atoms with van der Waals surface area (Å²) in [6.45, 7) is 2.49. The van der Waals surface area contributed by atoms with Gasteiger partial charge in [-0.15, -0.1) is 0 Å². The van der Waals surface area contributed by atoms with E-state index in [1.165, 1.54) is 37.5 Å². The summed E-state index contributed by atoms with van der Waals surface area (Å²) in [5.74, 6) is 0.597. The van der Waals surface area contributed by atoms with E-state index in [-0.39, 0.29) is 17.3 Å². The molecular weight excluding hydrogens is 411 g/mol. The number of halogens is 1. The lowest BCUT2D eigenvalue weighted by molar-refractivity contribution is -0.123. The minimum Gasteiger partial charge on any atom is -0.378 e. The summed E-state index contributed by atoms with van der Waals surface area (Å²) in [5.41, 5.74) is 1.14. The number of benzene rings is 1. The van der Waals surface area contributed by atoms with E-state index in [9.17, 15) is 14.0 Å². The van der Waals surface area contributed by atoms with Crippen molar-refractivity contribution in [3.63, 3.8) is 0 Å². The van der Waals surface area contributed by atoms with E-state index in [0.29, 0.717) is 56.7 Å². The second-order valence-electron chi connectivity index (χ2n) is 8.74. The van der Waals surface area contributed by atoms with Crippen LogP contribution in [0.5, 0.6) is 0 Å². The summed E-state index contributed by atoms with van der Waals surface area (Å²) >= 11 is 0. The Bertz CT molecular complexity index is 950. The van der Waals surface area contributed by atoms with Crippen LogP contribution in [0.15, 0.2) is 35.1 Å². The summed E-state index contributed by atoms with van der Waals surface area (Å²) in [4.78, 5) is 34.6. The van der Waals surface area contributed by atoms with Crippen LogP contribution in [0.4, 0.5) is 10.3 Å². The molecule has 1 saturated heterocycles. The Balaban J connectivity index is 1.52. The topological polar surface area (TPSA) is 87.3 Å². The molecule has 8 heteroatoms. The lowest BCUT2D eigenvalue weighted by Crippen LogP contribution is -2.38. The lowest BCUT2D eigenvalue weighted by Gasteiger charge is -2.27. The molecule has 1 saturated carbocycles. The van der Waals surface area contributed by atoms with Gasteiger partial charge in [-0.3, -0.25) is 14.6 Å². The molecule has 4 rings (SSSR count). The third-order valence-corrected chi connectivity index (χ3v) is 6.31. The molecule has 172 valence electrons. The van der Waals surface area contributed by atoms with Gasteiger partial charge in [-0.25, -0.2) is 9.37 Å². The molecular formula is C24H31FN4O3. The number of rotatable bonds is 7. The number of carbonyl (C=O) groups excluding carboxylic acids is 1. The highest BCUT2D eigenvalue weighted by atomic mass is 19.1. The Morgan fingerprint density at radius 3 is 2.62 bits per heavy atom. The quantitative estimate of drug-likeness (QED) is 0.688. The minimum absolute atomic E-state index is 0.00975. The standard InChI is InChI=1S/C24H31FN4O3/c25-19-8-6-18(7-9-19)21(27-22(30)14-17-4-2-1-3-5-17)15-20-16-23(31)28-24(26-20)29-10-12-32-13-11-29/h6-9,16-17,21H,1-5,10-15H2,(H,27,30)(H,26,28,31)/t21-/m1/s1. The van der Waals surface area contributed by atoms with Gasteiger partial charge in [0.25, 0.3) is 5.56 Å². The molecule has 0 unspecified atom stereocenters. The Kier molecular flexibility index (Phi) is 7.52. The van der Waals surface area contributed by atoms with E-state index in [0.717, 1.165) is 18.4 Å². The van der Waals surface area contributed by atoms with Crippen molar-refractivity contribution in [2.24, 2.45) is 5.92 Å². The fraction of sp³-hybridized carbons (Fsp3) is 0.542. The number of H-pyrrole nitrogens is 1. The average molecular weight is 443 g/mol. The largest absolute Gasteiger partial charge is 0.378 e. The van der Waals surface area contributed by atoms with Crippen molar-refractivity contribution in [2.75, 3.05) is 31.2 Å². The number of carbonyl (C=O) groups is 1. The van der Waals surface area contributed by atoms with Crippen LogP contribution in [-0.2, 0) is 16.0 Å². The normalized spacial score (nSPS) is 18.3. The Labute approximate surface area is 187 Å². The van der Waals surface area contributed by atoms with Crippen molar-refractivity contribution in [1.82, 2.24) is 15.3 Å². The number of ether oxygens (including phenoxy) is 1. The SMILES string of the molecule is O=C(CC1CCCCC1)N[C@H](Cc1cc(=O)[nH]c(N2CCOCC2)n1)c1ccc(F)cc1. The maximum absolute atomic E-state index is 13.5. The van der Waals surface area contributed by atoms with Crippen LogP contribution >= 0.6 is 0 Å². The maximum atomic E-state index is 13.5. The number of anilines is 1. The summed E-state index contributed by atoms with van der Waals surface area (Å²) in [5, 5.41) is 3.12. The summed E-state index contributed by atoms with van der Waals surface area (Å²) in [7, 11) is 0. The zero-order chi connectivity index (χ0) is 22.3. The van der Waals surface area contributed by atoms with E-state index in [4.69, 9.17) is 4.74 Å². The highest BCUT2D eigenvalue weighted by Crippen LogP contribution is 2.27. The van der Waals surface area contributed by atoms with Crippen molar-refractivity contribution in [3.8, 4) is 0 Å². The molecule has 1 atom stereocenters. The first-order valence-electron chi connectivity index (χ1n) is 11.5. The number of hydrogen-bond donors (Lipinski definition) is 2. The first-order valence-corrected chi connectivity index (χ1v) is 11.5. The molecule has 2 fully saturated rings. The van der Waals surface area contributed by atoms with Crippen LogP contribution in [0.2, 0.25) is 0 Å². The predicted molar refractivity (Wildman–Crippen MR) is 120 cm³/mol. The van der Waals surface area contributed by atoms with Crippen molar-refractivity contribution in [3.05, 3.63) is 57.8 Å². The number of aromatic nitrogens is 2. The molecule has 1 aromatic heterocycles. The molecule has 0 spiro atoms. The van der Waals surface area contributed by atoms with Gasteiger partial charge in [-0.05, 0) is 36.5 Å². The van der Waals surface area contributed by atoms with Crippen LogP contribution < -0.4 is 15.8 Å². The first kappa shape index (κ1) is 22.5. The smallest absolute Gasteiger partial charge is 0.252 e. The fourth-order valence-electron chi connectivity index (χ4n) is 4.59. The average Bonchev–Trinajstić information content (AvgIpc) is 2.80. The molecule has 2 N–H and O–H groups in total. The highest BCUT2D eigenvalue weighted by molar-refractivity contribution is 5.76.